The van der Waals surface area contributed by atoms with E-state index in [1.807, 2.05) is 6.07 Å². The van der Waals surface area contributed by atoms with Gasteiger partial charge < -0.3 is 19.3 Å². The topological polar surface area (TPSA) is 51.2 Å². The third kappa shape index (κ3) is 3.61. The summed E-state index contributed by atoms with van der Waals surface area (Å²) in [6.07, 6.45) is -0.454. The molecule has 1 aliphatic rings. The zero-order valence-corrected chi connectivity index (χ0v) is 13.4. The largest absolute Gasteiger partial charge is 0.496 e. The molecule has 0 radical (unpaired) electrons. The Hall–Kier alpha value is -1.01. The van der Waals surface area contributed by atoms with Crippen LogP contribution in [-0.4, -0.2) is 56.1 Å². The lowest BCUT2D eigenvalue weighted by Gasteiger charge is -2.29. The lowest BCUT2D eigenvalue weighted by Crippen LogP contribution is -2.42. The molecular formula is C15H22ClNO4. The van der Waals surface area contributed by atoms with Gasteiger partial charge in [-0.3, -0.25) is 4.90 Å². The first-order valence-corrected chi connectivity index (χ1v) is 7.38. The van der Waals surface area contributed by atoms with Gasteiger partial charge >= 0.3 is 0 Å². The maximum absolute atomic E-state index is 9.99. The molecule has 0 amide bonds. The van der Waals surface area contributed by atoms with Crippen molar-refractivity contribution in [2.24, 2.45) is 0 Å². The Labute approximate surface area is 130 Å². The van der Waals surface area contributed by atoms with Gasteiger partial charge in [0.05, 0.1) is 44.6 Å². The molecule has 0 bridgehead atoms. The first-order chi connectivity index (χ1) is 10.1. The molecule has 21 heavy (non-hydrogen) atoms. The lowest BCUT2D eigenvalue weighted by atomic mass is 10.1. The van der Waals surface area contributed by atoms with Gasteiger partial charge in [-0.2, -0.15) is 0 Å². The number of benzene rings is 1. The zero-order valence-electron chi connectivity index (χ0n) is 12.6. The van der Waals surface area contributed by atoms with Crippen LogP contribution >= 0.6 is 11.6 Å². The van der Waals surface area contributed by atoms with E-state index in [-0.39, 0.29) is 6.04 Å². The van der Waals surface area contributed by atoms with Crippen LogP contribution in [0.5, 0.6) is 11.5 Å². The Bertz CT molecular complexity index is 483. The van der Waals surface area contributed by atoms with Gasteiger partial charge in [0, 0.05) is 18.2 Å². The Morgan fingerprint density at radius 2 is 2.00 bits per heavy atom. The van der Waals surface area contributed by atoms with Gasteiger partial charge in [-0.15, -0.1) is 0 Å². The Kier molecular flexibility index (Phi) is 5.70. The highest BCUT2D eigenvalue weighted by atomic mass is 35.5. The van der Waals surface area contributed by atoms with Crippen molar-refractivity contribution in [1.82, 2.24) is 4.90 Å². The van der Waals surface area contributed by atoms with E-state index in [2.05, 4.69) is 11.8 Å². The molecule has 1 aliphatic heterocycles. The molecule has 0 aromatic heterocycles. The average molecular weight is 316 g/mol. The van der Waals surface area contributed by atoms with Gasteiger partial charge in [-0.1, -0.05) is 18.5 Å². The number of ether oxygens (including phenoxy) is 3. The molecule has 0 unspecified atom stereocenters. The van der Waals surface area contributed by atoms with Gasteiger partial charge in [0.15, 0.2) is 0 Å². The number of aliphatic hydroxyl groups is 1. The maximum atomic E-state index is 9.99. The first kappa shape index (κ1) is 16.4. The third-order valence-electron chi connectivity index (χ3n) is 3.82. The Morgan fingerprint density at radius 1 is 1.29 bits per heavy atom. The molecule has 0 saturated carbocycles. The first-order valence-electron chi connectivity index (χ1n) is 7.01. The van der Waals surface area contributed by atoms with Crippen LogP contribution in [0.1, 0.15) is 12.5 Å². The Balaban J connectivity index is 2.22. The third-order valence-corrected chi connectivity index (χ3v) is 4.12. The fourth-order valence-electron chi connectivity index (χ4n) is 2.61. The number of nitrogens with zero attached hydrogens (tertiary/aromatic N) is 1. The van der Waals surface area contributed by atoms with Crippen molar-refractivity contribution in [3.8, 4) is 11.5 Å². The molecular weight excluding hydrogens is 294 g/mol. The fraction of sp³-hybridized carbons (Fsp3) is 0.600. The van der Waals surface area contributed by atoms with Crippen LogP contribution in [0.25, 0.3) is 0 Å². The highest BCUT2D eigenvalue weighted by molar-refractivity contribution is 6.32. The standard InChI is InChI=1S/C15H22ClNO4/c1-4-17(12-8-21-9-13(12)18)7-10-5-11(16)15(20-3)6-14(10)19-2/h5-6,12-13,18H,4,7-9H2,1-3H3/t12-,13-/m0/s1. The van der Waals surface area contributed by atoms with E-state index < -0.39 is 6.10 Å². The number of methoxy groups -OCH3 is 2. The number of rotatable bonds is 6. The van der Waals surface area contributed by atoms with Gasteiger partial charge in [0.2, 0.25) is 0 Å². The minimum Gasteiger partial charge on any atom is -0.496 e. The molecule has 1 heterocycles. The van der Waals surface area contributed by atoms with Crippen molar-refractivity contribution in [2.45, 2.75) is 25.6 Å². The molecule has 0 spiro atoms. The van der Waals surface area contributed by atoms with Gasteiger partial charge in [0.25, 0.3) is 0 Å². The molecule has 1 fully saturated rings. The molecule has 5 nitrogen and oxygen atoms in total. The summed E-state index contributed by atoms with van der Waals surface area (Å²) in [6.45, 7) is 4.43. The number of hydrogen-bond donors (Lipinski definition) is 1. The Morgan fingerprint density at radius 3 is 2.52 bits per heavy atom. The molecule has 1 N–H and O–H groups in total. The van der Waals surface area contributed by atoms with Crippen LogP contribution in [0.4, 0.5) is 0 Å². The van der Waals surface area contributed by atoms with Crippen molar-refractivity contribution in [2.75, 3.05) is 34.0 Å². The molecule has 118 valence electrons. The predicted molar refractivity (Wildman–Crippen MR) is 81.3 cm³/mol. The van der Waals surface area contributed by atoms with E-state index in [4.69, 9.17) is 25.8 Å². The normalized spacial score (nSPS) is 21.8. The number of likely N-dealkylation sites (N-methyl/N-ethyl adjacent to an activating group) is 1. The lowest BCUT2D eigenvalue weighted by molar-refractivity contribution is 0.0803. The molecule has 6 heteroatoms. The number of aliphatic hydroxyl groups excluding tert-OH is 1. The molecule has 1 aromatic rings. The highest BCUT2D eigenvalue weighted by Gasteiger charge is 2.31. The average Bonchev–Trinajstić information content (AvgIpc) is 2.91. The summed E-state index contributed by atoms with van der Waals surface area (Å²) < 4.78 is 16.0. The summed E-state index contributed by atoms with van der Waals surface area (Å²) in [4.78, 5) is 2.17. The van der Waals surface area contributed by atoms with E-state index in [1.165, 1.54) is 0 Å². The molecule has 0 aliphatic carbocycles. The molecule has 2 atom stereocenters. The van der Waals surface area contributed by atoms with E-state index >= 15 is 0 Å². The van der Waals surface area contributed by atoms with Crippen molar-refractivity contribution in [1.29, 1.82) is 0 Å². The summed E-state index contributed by atoms with van der Waals surface area (Å²) in [5, 5.41) is 10.5. The second-order valence-corrected chi connectivity index (χ2v) is 5.44. The summed E-state index contributed by atoms with van der Waals surface area (Å²) >= 11 is 6.20. The van der Waals surface area contributed by atoms with Gasteiger partial charge in [-0.25, -0.2) is 0 Å². The van der Waals surface area contributed by atoms with Crippen LogP contribution in [0.2, 0.25) is 5.02 Å². The van der Waals surface area contributed by atoms with E-state index in [0.29, 0.717) is 30.5 Å². The fourth-order valence-corrected chi connectivity index (χ4v) is 2.87. The highest BCUT2D eigenvalue weighted by Crippen LogP contribution is 2.33. The van der Waals surface area contributed by atoms with E-state index in [9.17, 15) is 5.11 Å². The van der Waals surface area contributed by atoms with Crippen LogP contribution < -0.4 is 9.47 Å². The minimum atomic E-state index is -0.454. The SMILES string of the molecule is CCN(Cc1cc(Cl)c(OC)cc1OC)[C@H]1COC[C@@H]1O. The second-order valence-electron chi connectivity index (χ2n) is 5.03. The summed E-state index contributed by atoms with van der Waals surface area (Å²) in [5.74, 6) is 1.31. The van der Waals surface area contributed by atoms with Crippen molar-refractivity contribution in [3.63, 3.8) is 0 Å². The van der Waals surface area contributed by atoms with Crippen LogP contribution in [0.3, 0.4) is 0 Å². The zero-order chi connectivity index (χ0) is 15.4. The monoisotopic (exact) mass is 315 g/mol. The van der Waals surface area contributed by atoms with Crippen LogP contribution in [0.15, 0.2) is 12.1 Å². The van der Waals surface area contributed by atoms with Gasteiger partial charge in [0.1, 0.15) is 11.5 Å². The minimum absolute atomic E-state index is 0.000540. The van der Waals surface area contributed by atoms with Crippen LogP contribution in [0, 0.1) is 0 Å². The summed E-state index contributed by atoms with van der Waals surface area (Å²) in [5.41, 5.74) is 0.962. The molecule has 1 saturated heterocycles. The van der Waals surface area contributed by atoms with Crippen molar-refractivity contribution < 1.29 is 19.3 Å². The number of halogens is 1. The van der Waals surface area contributed by atoms with Crippen molar-refractivity contribution >= 4 is 11.6 Å². The maximum Gasteiger partial charge on any atom is 0.141 e. The van der Waals surface area contributed by atoms with Crippen molar-refractivity contribution in [3.05, 3.63) is 22.7 Å². The van der Waals surface area contributed by atoms with E-state index in [0.717, 1.165) is 17.9 Å². The predicted octanol–water partition coefficient (Wildman–Crippen LogP) is 1.94. The smallest absolute Gasteiger partial charge is 0.141 e. The van der Waals surface area contributed by atoms with Crippen LogP contribution in [-0.2, 0) is 11.3 Å². The number of hydrogen-bond acceptors (Lipinski definition) is 5. The second kappa shape index (κ2) is 7.31. The molecule has 1 aromatic carbocycles. The quantitative estimate of drug-likeness (QED) is 0.869. The van der Waals surface area contributed by atoms with Gasteiger partial charge in [-0.05, 0) is 12.6 Å². The molecule has 2 rings (SSSR count). The summed E-state index contributed by atoms with van der Waals surface area (Å²) in [6, 6.07) is 3.64. The van der Waals surface area contributed by atoms with E-state index in [1.54, 1.807) is 20.3 Å². The summed E-state index contributed by atoms with van der Waals surface area (Å²) in [7, 11) is 3.20.